The first-order chi connectivity index (χ1) is 11.8. The number of amides is 2. The third-order valence-electron chi connectivity index (χ3n) is 4.29. The highest BCUT2D eigenvalue weighted by molar-refractivity contribution is 5.89. The van der Waals surface area contributed by atoms with Crippen LogP contribution in [0, 0.1) is 0 Å². The number of anilines is 2. The van der Waals surface area contributed by atoms with Gasteiger partial charge in [-0.05, 0) is 37.1 Å². The Morgan fingerprint density at radius 3 is 2.42 bits per heavy atom. The molecule has 3 rings (SSSR count). The van der Waals surface area contributed by atoms with Gasteiger partial charge in [-0.2, -0.15) is 0 Å². The first-order valence-corrected chi connectivity index (χ1v) is 8.27. The maximum atomic E-state index is 12.1. The molecule has 0 aliphatic carbocycles. The van der Waals surface area contributed by atoms with Crippen LogP contribution in [0.1, 0.15) is 12.8 Å². The van der Waals surface area contributed by atoms with E-state index in [0.717, 1.165) is 43.1 Å². The minimum Gasteiger partial charge on any atom is -0.495 e. The van der Waals surface area contributed by atoms with E-state index in [1.165, 1.54) is 0 Å². The number of para-hydroxylation sites is 3. The summed E-state index contributed by atoms with van der Waals surface area (Å²) in [7, 11) is 1.70. The summed E-state index contributed by atoms with van der Waals surface area (Å²) in [5.41, 5.74) is 1.92. The molecule has 0 radical (unpaired) electrons. The fourth-order valence-corrected chi connectivity index (χ4v) is 3.03. The highest BCUT2D eigenvalue weighted by Gasteiger charge is 2.22. The van der Waals surface area contributed by atoms with Crippen LogP contribution in [0.15, 0.2) is 54.6 Å². The van der Waals surface area contributed by atoms with Crippen LogP contribution in [0.25, 0.3) is 0 Å². The van der Waals surface area contributed by atoms with Crippen LogP contribution in [-0.2, 0) is 0 Å². The van der Waals surface area contributed by atoms with Crippen molar-refractivity contribution in [3.8, 4) is 5.75 Å². The van der Waals surface area contributed by atoms with Crippen LogP contribution < -0.4 is 20.3 Å². The van der Waals surface area contributed by atoms with Crippen molar-refractivity contribution in [2.75, 3.05) is 30.4 Å². The number of urea groups is 1. The van der Waals surface area contributed by atoms with Gasteiger partial charge in [-0.3, -0.25) is 0 Å². The molecular weight excluding hydrogens is 302 g/mol. The largest absolute Gasteiger partial charge is 0.495 e. The van der Waals surface area contributed by atoms with E-state index in [0.29, 0.717) is 0 Å². The lowest BCUT2D eigenvalue weighted by atomic mass is 10.0. The minimum absolute atomic E-state index is 0.142. The lowest BCUT2D eigenvalue weighted by Crippen LogP contribution is -2.46. The standard InChI is InChI=1S/C19H23N3O2/c1-24-18-10-6-5-9-17(18)22-13-11-16(12-14-22)21-19(23)20-15-7-3-2-4-8-15/h2-10,16H,11-14H2,1H3,(H2,20,21,23). The zero-order chi connectivity index (χ0) is 16.8. The molecule has 24 heavy (non-hydrogen) atoms. The monoisotopic (exact) mass is 325 g/mol. The highest BCUT2D eigenvalue weighted by atomic mass is 16.5. The molecule has 0 aromatic heterocycles. The van der Waals surface area contributed by atoms with Crippen molar-refractivity contribution in [3.63, 3.8) is 0 Å². The molecule has 5 heteroatoms. The van der Waals surface area contributed by atoms with Gasteiger partial charge < -0.3 is 20.3 Å². The Balaban J connectivity index is 1.51. The average Bonchev–Trinajstić information content (AvgIpc) is 2.63. The smallest absolute Gasteiger partial charge is 0.319 e. The second kappa shape index (κ2) is 7.73. The first kappa shape index (κ1) is 16.2. The number of hydrogen-bond acceptors (Lipinski definition) is 3. The number of carbonyl (C=O) groups is 1. The number of ether oxygens (including phenoxy) is 1. The van der Waals surface area contributed by atoms with E-state index in [4.69, 9.17) is 4.74 Å². The van der Waals surface area contributed by atoms with Gasteiger partial charge in [-0.1, -0.05) is 30.3 Å². The molecule has 1 aliphatic rings. The Hall–Kier alpha value is -2.69. The molecule has 1 saturated heterocycles. The van der Waals surface area contributed by atoms with E-state index in [-0.39, 0.29) is 12.1 Å². The van der Waals surface area contributed by atoms with Gasteiger partial charge in [0.2, 0.25) is 0 Å². The molecule has 1 aliphatic heterocycles. The van der Waals surface area contributed by atoms with Crippen molar-refractivity contribution < 1.29 is 9.53 Å². The van der Waals surface area contributed by atoms with Crippen LogP contribution in [0.3, 0.4) is 0 Å². The van der Waals surface area contributed by atoms with Crippen molar-refractivity contribution in [1.29, 1.82) is 0 Å². The summed E-state index contributed by atoms with van der Waals surface area (Å²) in [6.07, 6.45) is 1.83. The molecule has 1 heterocycles. The quantitative estimate of drug-likeness (QED) is 0.905. The number of benzene rings is 2. The zero-order valence-electron chi connectivity index (χ0n) is 13.9. The van der Waals surface area contributed by atoms with Gasteiger partial charge in [0.05, 0.1) is 12.8 Å². The van der Waals surface area contributed by atoms with Crippen molar-refractivity contribution >= 4 is 17.4 Å². The molecule has 0 atom stereocenters. The Morgan fingerprint density at radius 1 is 1.04 bits per heavy atom. The number of piperidine rings is 1. The fraction of sp³-hybridized carbons (Fsp3) is 0.316. The zero-order valence-corrected chi connectivity index (χ0v) is 13.9. The molecule has 126 valence electrons. The molecule has 5 nitrogen and oxygen atoms in total. The predicted molar refractivity (Wildman–Crippen MR) is 96.8 cm³/mol. The van der Waals surface area contributed by atoms with Crippen LogP contribution >= 0.6 is 0 Å². The van der Waals surface area contributed by atoms with Crippen LogP contribution in [-0.4, -0.2) is 32.3 Å². The first-order valence-electron chi connectivity index (χ1n) is 8.27. The fourth-order valence-electron chi connectivity index (χ4n) is 3.03. The molecule has 2 amide bonds. The summed E-state index contributed by atoms with van der Waals surface area (Å²) in [6.45, 7) is 1.80. The molecule has 0 unspecified atom stereocenters. The van der Waals surface area contributed by atoms with E-state index in [1.807, 2.05) is 48.5 Å². The van der Waals surface area contributed by atoms with Crippen molar-refractivity contribution in [1.82, 2.24) is 5.32 Å². The number of hydrogen-bond donors (Lipinski definition) is 2. The number of nitrogens with zero attached hydrogens (tertiary/aromatic N) is 1. The minimum atomic E-state index is -0.142. The lowest BCUT2D eigenvalue weighted by molar-refractivity contribution is 0.246. The van der Waals surface area contributed by atoms with Gasteiger partial charge in [-0.15, -0.1) is 0 Å². The Bertz CT molecular complexity index is 667. The molecule has 0 spiro atoms. The number of nitrogens with one attached hydrogen (secondary N) is 2. The van der Waals surface area contributed by atoms with E-state index >= 15 is 0 Å². The Morgan fingerprint density at radius 2 is 1.71 bits per heavy atom. The summed E-state index contributed by atoms with van der Waals surface area (Å²) in [6, 6.07) is 17.6. The molecule has 2 aromatic carbocycles. The predicted octanol–water partition coefficient (Wildman–Crippen LogP) is 3.49. The highest BCUT2D eigenvalue weighted by Crippen LogP contribution is 2.29. The van der Waals surface area contributed by atoms with Gasteiger partial charge >= 0.3 is 6.03 Å². The second-order valence-corrected chi connectivity index (χ2v) is 5.90. The molecule has 0 saturated carbocycles. The lowest BCUT2D eigenvalue weighted by Gasteiger charge is -2.34. The van der Waals surface area contributed by atoms with Crippen molar-refractivity contribution in [2.24, 2.45) is 0 Å². The van der Waals surface area contributed by atoms with Gasteiger partial charge in [0, 0.05) is 24.8 Å². The molecule has 2 aromatic rings. The third-order valence-corrected chi connectivity index (χ3v) is 4.29. The third kappa shape index (κ3) is 3.98. The Kier molecular flexibility index (Phi) is 5.21. The Labute approximate surface area is 142 Å². The van der Waals surface area contributed by atoms with Gasteiger partial charge in [-0.25, -0.2) is 4.79 Å². The van der Waals surface area contributed by atoms with Gasteiger partial charge in [0.15, 0.2) is 0 Å². The van der Waals surface area contributed by atoms with Gasteiger partial charge in [0.25, 0.3) is 0 Å². The number of rotatable bonds is 4. The average molecular weight is 325 g/mol. The maximum absolute atomic E-state index is 12.1. The normalized spacial score (nSPS) is 15.0. The number of methoxy groups -OCH3 is 1. The topological polar surface area (TPSA) is 53.6 Å². The van der Waals surface area contributed by atoms with Crippen LogP contribution in [0.5, 0.6) is 5.75 Å². The number of carbonyl (C=O) groups excluding carboxylic acids is 1. The SMILES string of the molecule is COc1ccccc1N1CCC(NC(=O)Nc2ccccc2)CC1. The summed E-state index contributed by atoms with van der Waals surface area (Å²) in [5.74, 6) is 0.894. The van der Waals surface area contributed by atoms with E-state index in [2.05, 4.69) is 21.6 Å². The van der Waals surface area contributed by atoms with Crippen LogP contribution in [0.2, 0.25) is 0 Å². The summed E-state index contributed by atoms with van der Waals surface area (Å²) in [4.78, 5) is 14.4. The van der Waals surface area contributed by atoms with Crippen molar-refractivity contribution in [2.45, 2.75) is 18.9 Å². The summed E-state index contributed by atoms with van der Waals surface area (Å²) >= 11 is 0. The maximum Gasteiger partial charge on any atom is 0.319 e. The molecular formula is C19H23N3O2. The van der Waals surface area contributed by atoms with E-state index < -0.39 is 0 Å². The summed E-state index contributed by atoms with van der Waals surface area (Å²) in [5, 5.41) is 5.93. The molecule has 0 bridgehead atoms. The summed E-state index contributed by atoms with van der Waals surface area (Å²) < 4.78 is 5.43. The van der Waals surface area contributed by atoms with E-state index in [9.17, 15) is 4.79 Å². The second-order valence-electron chi connectivity index (χ2n) is 5.90. The molecule has 2 N–H and O–H groups in total. The van der Waals surface area contributed by atoms with Gasteiger partial charge in [0.1, 0.15) is 5.75 Å². The molecule has 1 fully saturated rings. The van der Waals surface area contributed by atoms with Crippen LogP contribution in [0.4, 0.5) is 16.2 Å². The van der Waals surface area contributed by atoms with E-state index in [1.54, 1.807) is 7.11 Å². The van der Waals surface area contributed by atoms with Crippen molar-refractivity contribution in [3.05, 3.63) is 54.6 Å².